The van der Waals surface area contributed by atoms with Crippen molar-refractivity contribution in [3.8, 4) is 22.6 Å². The van der Waals surface area contributed by atoms with E-state index in [1.807, 2.05) is 22.7 Å². The zero-order valence-electron chi connectivity index (χ0n) is 34.9. The minimum atomic E-state index is 0.839. The molecule has 0 aliphatic carbocycles. The topological polar surface area (TPSA) is 15.7 Å². The van der Waals surface area contributed by atoms with E-state index in [1.165, 1.54) is 61.9 Å². The minimum Gasteiger partial charge on any atom is -0.456 e. The predicted molar refractivity (Wildman–Crippen MR) is 280 cm³/mol. The van der Waals surface area contributed by atoms with Gasteiger partial charge in [-0.15, -0.1) is 22.7 Å². The Labute approximate surface area is 382 Å². The molecule has 5 heteroatoms. The molecule has 3 nitrogen and oxygen atoms in total. The number of ether oxygens (including phenoxy) is 1. The fourth-order valence-corrected chi connectivity index (χ4v) is 12.6. The maximum atomic E-state index is 7.09. The van der Waals surface area contributed by atoms with E-state index in [0.717, 1.165) is 67.5 Å². The summed E-state index contributed by atoms with van der Waals surface area (Å²) in [4.78, 5) is 4.87. The Bertz CT molecular complexity index is 4090. The van der Waals surface area contributed by atoms with Crippen LogP contribution in [0.4, 0.5) is 34.1 Å². The molecule has 304 valence electrons. The second kappa shape index (κ2) is 14.3. The van der Waals surface area contributed by atoms with E-state index in [2.05, 4.69) is 228 Å². The summed E-state index contributed by atoms with van der Waals surface area (Å²) in [5, 5.41) is 12.2. The number of fused-ring (bicyclic) bond motifs is 10. The molecule has 0 bridgehead atoms. The number of hydrogen-bond acceptors (Lipinski definition) is 5. The van der Waals surface area contributed by atoms with Crippen molar-refractivity contribution in [2.75, 3.05) is 9.80 Å². The van der Waals surface area contributed by atoms with Crippen molar-refractivity contribution in [1.82, 2.24) is 0 Å². The molecular formula is C60H36N2OS2. The van der Waals surface area contributed by atoms with Gasteiger partial charge in [0.25, 0.3) is 0 Å². The molecule has 0 radical (unpaired) electrons. The minimum absolute atomic E-state index is 0.839. The fraction of sp³-hybridized carbons (Fsp3) is 0. The molecule has 0 fully saturated rings. The Morgan fingerprint density at radius 2 is 0.800 bits per heavy atom. The monoisotopic (exact) mass is 864 g/mol. The van der Waals surface area contributed by atoms with Gasteiger partial charge in [0.1, 0.15) is 11.5 Å². The number of rotatable bonds is 6. The molecular weight excluding hydrogens is 829 g/mol. The lowest BCUT2D eigenvalue weighted by molar-refractivity contribution is 0.487. The third-order valence-corrected chi connectivity index (χ3v) is 15.6. The van der Waals surface area contributed by atoms with Crippen molar-refractivity contribution >= 4 is 129 Å². The second-order valence-corrected chi connectivity index (χ2v) is 18.9. The summed E-state index contributed by atoms with van der Waals surface area (Å²) in [6.07, 6.45) is 0. The smallest absolute Gasteiger partial charge is 0.137 e. The molecule has 0 spiro atoms. The van der Waals surface area contributed by atoms with Crippen molar-refractivity contribution in [1.29, 1.82) is 0 Å². The first-order valence-electron chi connectivity index (χ1n) is 22.0. The van der Waals surface area contributed by atoms with Gasteiger partial charge in [-0.2, -0.15) is 0 Å². The van der Waals surface area contributed by atoms with Crippen LogP contribution in [0.2, 0.25) is 0 Å². The zero-order valence-corrected chi connectivity index (χ0v) is 36.5. The van der Waals surface area contributed by atoms with E-state index >= 15 is 0 Å². The molecule has 0 unspecified atom stereocenters. The lowest BCUT2D eigenvalue weighted by atomic mass is 9.92. The number of nitrogens with zero attached hydrogens (tertiary/aromatic N) is 2. The third kappa shape index (κ3) is 5.66. The first-order valence-corrected chi connectivity index (χ1v) is 23.6. The van der Waals surface area contributed by atoms with E-state index in [0.29, 0.717) is 0 Å². The van der Waals surface area contributed by atoms with E-state index in [4.69, 9.17) is 4.74 Å². The van der Waals surface area contributed by atoms with E-state index in [-0.39, 0.29) is 0 Å². The van der Waals surface area contributed by atoms with Gasteiger partial charge in [0.2, 0.25) is 0 Å². The summed E-state index contributed by atoms with van der Waals surface area (Å²) in [6, 6.07) is 79.6. The Kier molecular flexibility index (Phi) is 8.02. The molecule has 1 aliphatic rings. The summed E-state index contributed by atoms with van der Waals surface area (Å²) in [7, 11) is 0. The Morgan fingerprint density at radius 3 is 1.46 bits per heavy atom. The largest absolute Gasteiger partial charge is 0.456 e. The molecule has 1 aliphatic heterocycles. The van der Waals surface area contributed by atoms with Crippen molar-refractivity contribution in [3.05, 3.63) is 218 Å². The summed E-state index contributed by atoms with van der Waals surface area (Å²) in [5.41, 5.74) is 8.88. The highest BCUT2D eigenvalue weighted by Gasteiger charge is 2.27. The SMILES string of the molecule is c1ccc2cc(N(c3ccc4c(c3)Oc3cccc5c(N(c6ccc7ccccc7c6)c6cccc7c6sc6ccccc67)ccc-4c35)c3cccc4c3sc3ccccc34)ccc2c1. The summed E-state index contributed by atoms with van der Waals surface area (Å²) < 4.78 is 12.2. The Balaban J connectivity index is 0.955. The van der Waals surface area contributed by atoms with Crippen LogP contribution < -0.4 is 14.5 Å². The lowest BCUT2D eigenvalue weighted by Gasteiger charge is -2.31. The highest BCUT2D eigenvalue weighted by molar-refractivity contribution is 7.26. The van der Waals surface area contributed by atoms with E-state index in [1.54, 1.807) is 0 Å². The molecule has 0 atom stereocenters. The Hall–Kier alpha value is -7.96. The van der Waals surface area contributed by atoms with Crippen molar-refractivity contribution < 1.29 is 4.74 Å². The van der Waals surface area contributed by atoms with Gasteiger partial charge >= 0.3 is 0 Å². The number of hydrogen-bond donors (Lipinski definition) is 0. The van der Waals surface area contributed by atoms with Crippen LogP contribution in [0.25, 0.3) is 83.8 Å². The van der Waals surface area contributed by atoms with Gasteiger partial charge < -0.3 is 14.5 Å². The van der Waals surface area contributed by atoms with Crippen molar-refractivity contribution in [2.24, 2.45) is 0 Å². The van der Waals surface area contributed by atoms with Gasteiger partial charge in [-0.05, 0) is 99.9 Å². The molecule has 0 saturated heterocycles. The van der Waals surface area contributed by atoms with E-state index in [9.17, 15) is 0 Å². The maximum absolute atomic E-state index is 7.09. The fourth-order valence-electron chi connectivity index (χ4n) is 10.2. The van der Waals surface area contributed by atoms with Crippen LogP contribution in [0, 0.1) is 0 Å². The third-order valence-electron chi connectivity index (χ3n) is 13.2. The van der Waals surface area contributed by atoms with E-state index < -0.39 is 0 Å². The second-order valence-electron chi connectivity index (χ2n) is 16.8. The summed E-state index contributed by atoms with van der Waals surface area (Å²) in [5.74, 6) is 1.69. The van der Waals surface area contributed by atoms with Gasteiger partial charge in [0.05, 0.1) is 26.5 Å². The standard InChI is InChI=1S/C60H36N2OS2/c1-3-14-39-34-41(28-26-37(39)12-1)61(52-21-9-18-48-45-16-5-7-24-56(45)64-59(48)52)43-30-31-44-47-32-33-51(50-20-11-23-54(58(47)50)63-55(44)36-43)62(42-29-27-38-13-2-4-15-40(38)35-42)53-22-10-19-49-46-17-6-8-25-57(46)65-60(49)53/h1-36H. The normalized spacial score (nSPS) is 12.1. The van der Waals surface area contributed by atoms with Gasteiger partial charge in [-0.25, -0.2) is 0 Å². The van der Waals surface area contributed by atoms with Crippen molar-refractivity contribution in [2.45, 2.75) is 0 Å². The van der Waals surface area contributed by atoms with Crippen molar-refractivity contribution in [3.63, 3.8) is 0 Å². The number of anilines is 6. The summed E-state index contributed by atoms with van der Waals surface area (Å²) in [6.45, 7) is 0. The first kappa shape index (κ1) is 36.5. The van der Waals surface area contributed by atoms with Crippen LogP contribution in [0.5, 0.6) is 11.5 Å². The lowest BCUT2D eigenvalue weighted by Crippen LogP contribution is -2.12. The van der Waals surface area contributed by atoms with Crippen LogP contribution in [0.15, 0.2) is 218 Å². The quantitative estimate of drug-likeness (QED) is 0.166. The average molecular weight is 865 g/mol. The highest BCUT2D eigenvalue weighted by Crippen LogP contribution is 2.54. The molecule has 0 N–H and O–H groups in total. The molecule has 11 aromatic carbocycles. The number of thiophene rings is 2. The zero-order chi connectivity index (χ0) is 42.6. The molecule has 2 aromatic heterocycles. The van der Waals surface area contributed by atoms with Crippen LogP contribution in [-0.4, -0.2) is 0 Å². The Morgan fingerprint density at radius 1 is 0.308 bits per heavy atom. The van der Waals surface area contributed by atoms with Gasteiger partial charge in [0.15, 0.2) is 0 Å². The maximum Gasteiger partial charge on any atom is 0.137 e. The van der Waals surface area contributed by atoms with Gasteiger partial charge in [-0.1, -0.05) is 140 Å². The van der Waals surface area contributed by atoms with Crippen LogP contribution in [0.3, 0.4) is 0 Å². The van der Waals surface area contributed by atoms with Gasteiger partial charge in [-0.3, -0.25) is 0 Å². The molecule has 0 amide bonds. The predicted octanol–water partition coefficient (Wildman–Crippen LogP) is 18.6. The average Bonchev–Trinajstić information content (AvgIpc) is 3.94. The molecule has 13 aromatic rings. The molecule has 14 rings (SSSR count). The number of benzene rings is 11. The molecule has 3 heterocycles. The summed E-state index contributed by atoms with van der Waals surface area (Å²) >= 11 is 3.71. The molecule has 0 saturated carbocycles. The highest BCUT2D eigenvalue weighted by atomic mass is 32.1. The first-order chi connectivity index (χ1) is 32.2. The van der Waals surface area contributed by atoms with Crippen LogP contribution >= 0.6 is 22.7 Å². The molecule has 65 heavy (non-hydrogen) atoms. The van der Waals surface area contributed by atoms with Gasteiger partial charge in [0, 0.05) is 70.4 Å². The van der Waals surface area contributed by atoms with Crippen LogP contribution in [-0.2, 0) is 0 Å². The van der Waals surface area contributed by atoms with Crippen LogP contribution in [0.1, 0.15) is 0 Å².